The molecular formula is C26H46N6O. The number of nitrogens with zero attached hydrogens (tertiary/aromatic N) is 5. The van der Waals surface area contributed by atoms with Gasteiger partial charge in [0, 0.05) is 56.8 Å². The molecule has 2 aliphatic rings. The minimum Gasteiger partial charge on any atom is -0.342 e. The van der Waals surface area contributed by atoms with E-state index in [1.54, 1.807) is 0 Å². The quantitative estimate of drug-likeness (QED) is 0.573. The van der Waals surface area contributed by atoms with Crippen LogP contribution in [0.15, 0.2) is 9.79 Å². The molecule has 1 N–H and O–H groups in total. The third kappa shape index (κ3) is 7.12. The second-order valence-corrected chi connectivity index (χ2v) is 11.0. The topological polar surface area (TPSA) is 67.8 Å². The van der Waals surface area contributed by atoms with E-state index in [0.29, 0.717) is 18.0 Å². The van der Waals surface area contributed by atoms with E-state index in [-0.39, 0.29) is 11.0 Å². The van der Waals surface area contributed by atoms with Crippen LogP contribution in [0.2, 0.25) is 0 Å². The summed E-state index contributed by atoms with van der Waals surface area (Å²) < 4.78 is 0. The average molecular weight is 459 g/mol. The van der Waals surface area contributed by atoms with Crippen molar-refractivity contribution >= 4 is 11.7 Å². The first kappa shape index (κ1) is 25.9. The zero-order valence-corrected chi connectivity index (χ0v) is 21.9. The highest BCUT2D eigenvalue weighted by Crippen LogP contribution is 2.28. The van der Waals surface area contributed by atoms with Gasteiger partial charge in [0.05, 0.1) is 11.4 Å². The highest BCUT2D eigenvalue weighted by Gasteiger charge is 2.27. The lowest BCUT2D eigenvalue weighted by Crippen LogP contribution is -2.45. The van der Waals surface area contributed by atoms with Crippen molar-refractivity contribution in [3.63, 3.8) is 0 Å². The first-order valence-corrected chi connectivity index (χ1v) is 13.0. The summed E-state index contributed by atoms with van der Waals surface area (Å²) in [6, 6.07) is 0. The van der Waals surface area contributed by atoms with Gasteiger partial charge >= 0.3 is 0 Å². The van der Waals surface area contributed by atoms with E-state index >= 15 is 0 Å². The SMILES string of the molecule is CC/N=C(\c1nc(N(CCCN2CCN(C)CC2)CC2CCCC2)[nH]c(=O)c1C)C(C)(C)C. The van der Waals surface area contributed by atoms with Crippen LogP contribution < -0.4 is 10.5 Å². The third-order valence-electron chi connectivity index (χ3n) is 7.14. The van der Waals surface area contributed by atoms with Gasteiger partial charge in [0.15, 0.2) is 0 Å². The number of rotatable bonds is 9. The Kier molecular flexibility index (Phi) is 9.10. The van der Waals surface area contributed by atoms with Gasteiger partial charge in [0.25, 0.3) is 5.56 Å². The maximum atomic E-state index is 13.0. The minimum absolute atomic E-state index is 0.0430. The fraction of sp³-hybridized carbons (Fsp3) is 0.808. The third-order valence-corrected chi connectivity index (χ3v) is 7.14. The van der Waals surface area contributed by atoms with Crippen molar-refractivity contribution in [2.24, 2.45) is 16.3 Å². The molecule has 1 aliphatic carbocycles. The largest absolute Gasteiger partial charge is 0.342 e. The van der Waals surface area contributed by atoms with Crippen molar-refractivity contribution in [1.29, 1.82) is 0 Å². The highest BCUT2D eigenvalue weighted by atomic mass is 16.1. The second-order valence-electron chi connectivity index (χ2n) is 11.0. The zero-order chi connectivity index (χ0) is 24.0. The van der Waals surface area contributed by atoms with Crippen LogP contribution in [0.25, 0.3) is 0 Å². The van der Waals surface area contributed by atoms with Crippen molar-refractivity contribution < 1.29 is 0 Å². The number of piperazine rings is 1. The number of anilines is 1. The van der Waals surface area contributed by atoms with Gasteiger partial charge in [-0.05, 0) is 52.6 Å². The molecule has 2 heterocycles. The van der Waals surface area contributed by atoms with Crippen LogP contribution in [0.5, 0.6) is 0 Å². The molecule has 1 saturated heterocycles. The zero-order valence-electron chi connectivity index (χ0n) is 21.9. The van der Waals surface area contributed by atoms with E-state index < -0.39 is 0 Å². The number of aromatic amines is 1. The number of nitrogens with one attached hydrogen (secondary N) is 1. The molecule has 0 aromatic carbocycles. The summed E-state index contributed by atoms with van der Waals surface area (Å²) in [5.41, 5.74) is 2.14. The van der Waals surface area contributed by atoms with Crippen LogP contribution in [0.4, 0.5) is 5.95 Å². The number of aromatic nitrogens is 2. The van der Waals surface area contributed by atoms with Crippen LogP contribution in [-0.4, -0.2) is 84.9 Å². The van der Waals surface area contributed by atoms with Crippen LogP contribution >= 0.6 is 0 Å². The molecule has 0 spiro atoms. The summed E-state index contributed by atoms with van der Waals surface area (Å²) in [6.07, 6.45) is 6.28. The molecule has 1 aliphatic heterocycles. The predicted molar refractivity (Wildman–Crippen MR) is 139 cm³/mol. The fourth-order valence-corrected chi connectivity index (χ4v) is 5.07. The molecule has 0 amide bonds. The van der Waals surface area contributed by atoms with Gasteiger partial charge in [-0.15, -0.1) is 0 Å². The van der Waals surface area contributed by atoms with E-state index in [2.05, 4.69) is 47.5 Å². The second kappa shape index (κ2) is 11.6. The van der Waals surface area contributed by atoms with Gasteiger partial charge in [-0.25, -0.2) is 4.98 Å². The Bertz CT molecular complexity index is 841. The van der Waals surface area contributed by atoms with E-state index in [4.69, 9.17) is 9.98 Å². The van der Waals surface area contributed by atoms with Gasteiger partial charge in [-0.2, -0.15) is 0 Å². The van der Waals surface area contributed by atoms with Gasteiger partial charge in [0.1, 0.15) is 0 Å². The summed E-state index contributed by atoms with van der Waals surface area (Å²) in [4.78, 5) is 33.3. The van der Waals surface area contributed by atoms with E-state index in [9.17, 15) is 4.79 Å². The van der Waals surface area contributed by atoms with Gasteiger partial charge in [-0.1, -0.05) is 33.6 Å². The maximum Gasteiger partial charge on any atom is 0.255 e. The molecule has 7 nitrogen and oxygen atoms in total. The highest BCUT2D eigenvalue weighted by molar-refractivity contribution is 6.03. The molecule has 0 atom stereocenters. The van der Waals surface area contributed by atoms with Crippen molar-refractivity contribution in [3.05, 3.63) is 21.6 Å². The smallest absolute Gasteiger partial charge is 0.255 e. The van der Waals surface area contributed by atoms with Gasteiger partial charge in [-0.3, -0.25) is 14.8 Å². The maximum absolute atomic E-state index is 13.0. The lowest BCUT2D eigenvalue weighted by Gasteiger charge is -2.33. The summed E-state index contributed by atoms with van der Waals surface area (Å²) in [5, 5.41) is 0. The first-order valence-electron chi connectivity index (χ1n) is 13.0. The van der Waals surface area contributed by atoms with E-state index in [0.717, 1.165) is 69.6 Å². The normalized spacial score (nSPS) is 19.4. The molecular weight excluding hydrogens is 412 g/mol. The summed E-state index contributed by atoms with van der Waals surface area (Å²) in [6.45, 7) is 18.6. The van der Waals surface area contributed by atoms with Crippen LogP contribution in [0.1, 0.15) is 71.1 Å². The minimum atomic E-state index is -0.170. The molecule has 1 saturated carbocycles. The molecule has 0 unspecified atom stereocenters. The van der Waals surface area contributed by atoms with Crippen molar-refractivity contribution in [1.82, 2.24) is 19.8 Å². The van der Waals surface area contributed by atoms with E-state index in [1.165, 1.54) is 25.7 Å². The van der Waals surface area contributed by atoms with Gasteiger partial charge < -0.3 is 14.7 Å². The van der Waals surface area contributed by atoms with Crippen molar-refractivity contribution in [2.45, 2.75) is 66.7 Å². The molecule has 1 aromatic rings. The fourth-order valence-electron chi connectivity index (χ4n) is 5.07. The number of aliphatic imine (C=N–C) groups is 1. The van der Waals surface area contributed by atoms with Crippen LogP contribution in [0, 0.1) is 18.3 Å². The average Bonchev–Trinajstić information content (AvgIpc) is 3.27. The standard InChI is InChI=1S/C26H46N6O/c1-7-27-23(26(3,4)5)22-20(2)24(33)29-25(28-22)32(19-21-11-8-9-12-21)14-10-13-31-17-15-30(6)16-18-31/h21H,7-19H2,1-6H3,(H,28,29,33)/b27-23+. The summed E-state index contributed by atoms with van der Waals surface area (Å²) in [5.74, 6) is 1.41. The molecule has 186 valence electrons. The van der Waals surface area contributed by atoms with Gasteiger partial charge in [0.2, 0.25) is 5.95 Å². The molecule has 2 fully saturated rings. The van der Waals surface area contributed by atoms with Crippen LogP contribution in [-0.2, 0) is 0 Å². The number of hydrogen-bond donors (Lipinski definition) is 1. The Morgan fingerprint density at radius 2 is 1.85 bits per heavy atom. The lowest BCUT2D eigenvalue weighted by atomic mass is 9.86. The summed E-state index contributed by atoms with van der Waals surface area (Å²) >= 11 is 0. The molecule has 33 heavy (non-hydrogen) atoms. The van der Waals surface area contributed by atoms with Crippen molar-refractivity contribution in [3.8, 4) is 0 Å². The Labute approximate surface area is 200 Å². The molecule has 3 rings (SSSR count). The monoisotopic (exact) mass is 458 g/mol. The summed E-state index contributed by atoms with van der Waals surface area (Å²) in [7, 11) is 2.20. The predicted octanol–water partition coefficient (Wildman–Crippen LogP) is 3.57. The number of H-pyrrole nitrogens is 1. The molecule has 1 aromatic heterocycles. The Hall–Kier alpha value is -1.73. The molecule has 0 bridgehead atoms. The molecule has 0 radical (unpaired) electrons. The van der Waals surface area contributed by atoms with Crippen molar-refractivity contribution in [2.75, 3.05) is 64.3 Å². The van der Waals surface area contributed by atoms with Crippen LogP contribution in [0.3, 0.4) is 0 Å². The Morgan fingerprint density at radius 3 is 2.45 bits per heavy atom. The Morgan fingerprint density at radius 1 is 1.18 bits per heavy atom. The number of likely N-dealkylation sites (N-methyl/N-ethyl adjacent to an activating group) is 1. The molecule has 7 heteroatoms. The lowest BCUT2D eigenvalue weighted by molar-refractivity contribution is 0.153. The van der Waals surface area contributed by atoms with E-state index in [1.807, 2.05) is 13.8 Å². The Balaban J connectivity index is 1.83. The first-order chi connectivity index (χ1) is 15.7. The number of hydrogen-bond acceptors (Lipinski definition) is 6.